The molecule has 7 heteroatoms. The van der Waals surface area contributed by atoms with Crippen LogP contribution in [-0.4, -0.2) is 66.2 Å². The summed E-state index contributed by atoms with van der Waals surface area (Å²) in [6.07, 6.45) is 2.61. The summed E-state index contributed by atoms with van der Waals surface area (Å²) in [5.41, 5.74) is 0.150. The fourth-order valence-corrected chi connectivity index (χ4v) is 5.51. The number of nitrogens with zero attached hydrogens (tertiary/aromatic N) is 1. The molecule has 198 valence electrons. The molecule has 5 unspecified atom stereocenters. The normalized spacial score (nSPS) is 40.6. The highest BCUT2D eigenvalue weighted by atomic mass is 16.7. The van der Waals surface area contributed by atoms with Crippen molar-refractivity contribution in [2.24, 2.45) is 11.3 Å². The van der Waals surface area contributed by atoms with Gasteiger partial charge in [-0.25, -0.2) is 0 Å². The molecule has 3 heterocycles. The van der Waals surface area contributed by atoms with Gasteiger partial charge in [0, 0.05) is 23.3 Å². The fraction of sp³-hybridized carbons (Fsp3) is 0.786. The number of hydroxylamine groups is 2. The van der Waals surface area contributed by atoms with Gasteiger partial charge in [0.1, 0.15) is 24.6 Å². The number of aliphatic hydroxyl groups excluding tert-OH is 1. The first-order chi connectivity index (χ1) is 16.5. The number of epoxide rings is 1. The lowest BCUT2D eigenvalue weighted by atomic mass is 9.67. The van der Waals surface area contributed by atoms with Crippen LogP contribution in [0.15, 0.2) is 24.3 Å². The summed E-state index contributed by atoms with van der Waals surface area (Å²) < 4.78 is 24.1. The molecule has 0 aliphatic carbocycles. The van der Waals surface area contributed by atoms with E-state index in [1.807, 2.05) is 19.1 Å². The molecule has 0 bridgehead atoms. The van der Waals surface area contributed by atoms with E-state index >= 15 is 0 Å². The van der Waals surface area contributed by atoms with Gasteiger partial charge in [-0.3, -0.25) is 4.84 Å². The van der Waals surface area contributed by atoms with Gasteiger partial charge in [0.15, 0.2) is 5.79 Å². The van der Waals surface area contributed by atoms with Gasteiger partial charge in [-0.15, -0.1) is 0 Å². The maximum Gasteiger partial charge on any atom is 0.174 e. The van der Waals surface area contributed by atoms with Crippen molar-refractivity contribution < 1.29 is 28.9 Å². The van der Waals surface area contributed by atoms with Crippen LogP contribution in [0.3, 0.4) is 0 Å². The summed E-state index contributed by atoms with van der Waals surface area (Å²) in [7, 11) is 0. The van der Waals surface area contributed by atoms with Gasteiger partial charge in [-0.1, -0.05) is 39.8 Å². The summed E-state index contributed by atoms with van der Waals surface area (Å²) in [5.74, 6) is 0.219. The third-order valence-electron chi connectivity index (χ3n) is 8.81. The van der Waals surface area contributed by atoms with Gasteiger partial charge in [-0.05, 0) is 51.3 Å². The number of hydrogen-bond acceptors (Lipinski definition) is 7. The average Bonchev–Trinajstić information content (AvgIpc) is 3.71. The van der Waals surface area contributed by atoms with Crippen molar-refractivity contribution in [3.63, 3.8) is 0 Å². The van der Waals surface area contributed by atoms with Crippen molar-refractivity contribution in [3.05, 3.63) is 29.8 Å². The molecule has 5 atom stereocenters. The molecule has 1 aromatic rings. The van der Waals surface area contributed by atoms with E-state index < -0.39 is 5.79 Å². The van der Waals surface area contributed by atoms with E-state index in [9.17, 15) is 5.11 Å². The largest absolute Gasteiger partial charge is 0.491 e. The number of ether oxygens (including phenoxy) is 4. The van der Waals surface area contributed by atoms with E-state index in [2.05, 4.69) is 58.7 Å². The second kappa shape index (κ2) is 9.92. The Hall–Kier alpha value is -1.22. The highest BCUT2D eigenvalue weighted by Gasteiger charge is 2.63. The van der Waals surface area contributed by atoms with Gasteiger partial charge in [0.25, 0.3) is 0 Å². The van der Waals surface area contributed by atoms with Gasteiger partial charge in [0.2, 0.25) is 0 Å². The van der Waals surface area contributed by atoms with Crippen LogP contribution in [0.4, 0.5) is 0 Å². The number of rotatable bonds is 9. The molecule has 7 nitrogen and oxygen atoms in total. The van der Waals surface area contributed by atoms with Gasteiger partial charge < -0.3 is 24.1 Å². The van der Waals surface area contributed by atoms with E-state index in [1.165, 1.54) is 0 Å². The Morgan fingerprint density at radius 1 is 1.09 bits per heavy atom. The van der Waals surface area contributed by atoms with Crippen LogP contribution in [0.5, 0.6) is 5.75 Å². The molecule has 0 aromatic heterocycles. The minimum absolute atomic E-state index is 0.0541. The Labute approximate surface area is 211 Å². The standard InChI is InChI=1S/C28H45NO6/c1-8-26(6)16-28(33-18-25(5,17-30)19-34-28)21(4)27(7,9-2)29(26)35-20(3)22-10-12-23(13-11-22)31-14-24-15-32-24/h10-13,20-21,24,30H,8-9,14-19H2,1-7H3. The summed E-state index contributed by atoms with van der Waals surface area (Å²) in [6, 6.07) is 8.17. The molecule has 1 spiro atoms. The van der Waals surface area contributed by atoms with Crippen LogP contribution < -0.4 is 4.74 Å². The molecule has 3 aliphatic rings. The topological polar surface area (TPSA) is 72.9 Å². The van der Waals surface area contributed by atoms with Crippen LogP contribution in [0.1, 0.15) is 79.4 Å². The lowest BCUT2D eigenvalue weighted by Crippen LogP contribution is -2.73. The molecule has 3 saturated heterocycles. The first-order valence-corrected chi connectivity index (χ1v) is 13.2. The zero-order valence-electron chi connectivity index (χ0n) is 22.6. The first kappa shape index (κ1) is 26.8. The molecule has 1 N–H and O–H groups in total. The number of piperidine rings is 1. The Bertz CT molecular complexity index is 850. The van der Waals surface area contributed by atoms with Crippen molar-refractivity contribution in [2.75, 3.05) is 33.0 Å². The fourth-order valence-electron chi connectivity index (χ4n) is 5.51. The predicted octanol–water partition coefficient (Wildman–Crippen LogP) is 4.88. The molecule has 0 saturated carbocycles. The Morgan fingerprint density at radius 2 is 1.71 bits per heavy atom. The Morgan fingerprint density at radius 3 is 2.23 bits per heavy atom. The SMILES string of the molecule is CCC1(C)CC2(OCC(C)(CO)CO2)C(C)C(C)(CC)N1OC(C)c1ccc(OCC2CO2)cc1. The molecule has 1 aromatic carbocycles. The molecule has 0 amide bonds. The predicted molar refractivity (Wildman–Crippen MR) is 134 cm³/mol. The lowest BCUT2D eigenvalue weighted by Gasteiger charge is -2.64. The van der Waals surface area contributed by atoms with E-state index in [4.69, 9.17) is 23.8 Å². The van der Waals surface area contributed by atoms with Crippen molar-refractivity contribution in [1.29, 1.82) is 0 Å². The third-order valence-corrected chi connectivity index (χ3v) is 8.81. The molecule has 35 heavy (non-hydrogen) atoms. The smallest absolute Gasteiger partial charge is 0.174 e. The molecular formula is C28H45NO6. The van der Waals surface area contributed by atoms with Crippen LogP contribution >= 0.6 is 0 Å². The van der Waals surface area contributed by atoms with Crippen molar-refractivity contribution >= 4 is 0 Å². The molecule has 3 fully saturated rings. The van der Waals surface area contributed by atoms with Crippen LogP contribution in [0, 0.1) is 11.3 Å². The van der Waals surface area contributed by atoms with Crippen LogP contribution in [-0.2, 0) is 19.0 Å². The minimum Gasteiger partial charge on any atom is -0.491 e. The highest BCUT2D eigenvalue weighted by Crippen LogP contribution is 2.54. The zero-order chi connectivity index (χ0) is 25.5. The second-order valence-corrected chi connectivity index (χ2v) is 11.7. The summed E-state index contributed by atoms with van der Waals surface area (Å²) in [5, 5.41) is 12.1. The second-order valence-electron chi connectivity index (χ2n) is 11.7. The lowest BCUT2D eigenvalue weighted by molar-refractivity contribution is -0.416. The minimum atomic E-state index is -0.697. The molecular weight excluding hydrogens is 446 g/mol. The number of benzene rings is 1. The van der Waals surface area contributed by atoms with Crippen molar-refractivity contribution in [1.82, 2.24) is 5.06 Å². The van der Waals surface area contributed by atoms with Crippen LogP contribution in [0.25, 0.3) is 0 Å². The molecule has 4 rings (SSSR count). The monoisotopic (exact) mass is 491 g/mol. The van der Waals surface area contributed by atoms with E-state index in [-0.39, 0.29) is 41.2 Å². The maximum absolute atomic E-state index is 9.82. The van der Waals surface area contributed by atoms with E-state index in [1.54, 1.807) is 0 Å². The Balaban J connectivity index is 1.53. The first-order valence-electron chi connectivity index (χ1n) is 13.2. The van der Waals surface area contributed by atoms with Crippen molar-refractivity contribution in [2.45, 2.75) is 96.8 Å². The molecule has 3 aliphatic heterocycles. The van der Waals surface area contributed by atoms with Gasteiger partial charge in [0.05, 0.1) is 32.0 Å². The maximum atomic E-state index is 9.82. The van der Waals surface area contributed by atoms with E-state index in [0.717, 1.165) is 30.8 Å². The van der Waals surface area contributed by atoms with E-state index in [0.29, 0.717) is 26.2 Å². The third kappa shape index (κ3) is 5.13. The highest BCUT2D eigenvalue weighted by molar-refractivity contribution is 5.28. The number of aliphatic hydroxyl groups is 1. The summed E-state index contributed by atoms with van der Waals surface area (Å²) >= 11 is 0. The quantitative estimate of drug-likeness (QED) is 0.494. The van der Waals surface area contributed by atoms with Crippen molar-refractivity contribution in [3.8, 4) is 5.75 Å². The average molecular weight is 492 g/mol. The van der Waals surface area contributed by atoms with Crippen LogP contribution in [0.2, 0.25) is 0 Å². The summed E-state index contributed by atoms with van der Waals surface area (Å²) in [4.78, 5) is 6.83. The zero-order valence-corrected chi connectivity index (χ0v) is 22.6. The molecule has 0 radical (unpaired) electrons. The summed E-state index contributed by atoms with van der Waals surface area (Å²) in [6.45, 7) is 17.7. The van der Waals surface area contributed by atoms with Gasteiger partial charge >= 0.3 is 0 Å². The van der Waals surface area contributed by atoms with Gasteiger partial charge in [-0.2, -0.15) is 5.06 Å². The Kier molecular flexibility index (Phi) is 7.60. The number of hydrogen-bond donors (Lipinski definition) is 1.